The van der Waals surface area contributed by atoms with Gasteiger partial charge >= 0.3 is 0 Å². The second-order valence-corrected chi connectivity index (χ2v) is 6.41. The summed E-state index contributed by atoms with van der Waals surface area (Å²) < 4.78 is 1.56. The van der Waals surface area contributed by atoms with Gasteiger partial charge in [-0.1, -0.05) is 71.9 Å². The highest BCUT2D eigenvalue weighted by Gasteiger charge is 2.08. The van der Waals surface area contributed by atoms with Gasteiger partial charge in [-0.15, -0.1) is 5.10 Å². The Labute approximate surface area is 162 Å². The number of aromatic nitrogens is 3. The number of fused-ring (bicyclic) bond motifs is 1. The number of rotatable bonds is 5. The van der Waals surface area contributed by atoms with Gasteiger partial charge in [0.05, 0.1) is 11.2 Å². The molecule has 6 heteroatoms. The maximum atomic E-state index is 12.2. The fraction of sp³-hybridized carbons (Fsp3) is 0.0909. The molecule has 3 aromatic carbocycles. The summed E-state index contributed by atoms with van der Waals surface area (Å²) in [5.41, 5.74) is 8.15. The highest BCUT2D eigenvalue weighted by atomic mass is 16.2. The maximum absolute atomic E-state index is 12.2. The number of hydrogen-bond donors (Lipinski definition) is 1. The van der Waals surface area contributed by atoms with Gasteiger partial charge in [0.25, 0.3) is 5.91 Å². The van der Waals surface area contributed by atoms with Crippen LogP contribution in [-0.4, -0.2) is 26.6 Å². The minimum atomic E-state index is -0.254. The van der Waals surface area contributed by atoms with Gasteiger partial charge in [0.15, 0.2) is 0 Å². The van der Waals surface area contributed by atoms with Crippen LogP contribution in [0.15, 0.2) is 84.0 Å². The van der Waals surface area contributed by atoms with Gasteiger partial charge in [0.2, 0.25) is 0 Å². The van der Waals surface area contributed by atoms with E-state index in [-0.39, 0.29) is 12.5 Å². The van der Waals surface area contributed by atoms with Crippen LogP contribution in [0, 0.1) is 0 Å². The van der Waals surface area contributed by atoms with Crippen LogP contribution in [0.4, 0.5) is 0 Å². The van der Waals surface area contributed by atoms with E-state index in [9.17, 15) is 4.79 Å². The third-order valence-corrected chi connectivity index (χ3v) is 4.47. The Balaban J connectivity index is 1.42. The second-order valence-electron chi connectivity index (χ2n) is 6.41. The van der Waals surface area contributed by atoms with Crippen LogP contribution in [0.5, 0.6) is 0 Å². The zero-order valence-electron chi connectivity index (χ0n) is 15.4. The van der Waals surface area contributed by atoms with Crippen LogP contribution < -0.4 is 5.43 Å². The molecule has 4 aromatic rings. The number of carbonyl (C=O) groups is 1. The van der Waals surface area contributed by atoms with E-state index in [2.05, 4.69) is 33.0 Å². The molecule has 0 aliphatic carbocycles. The quantitative estimate of drug-likeness (QED) is 0.431. The van der Waals surface area contributed by atoms with Crippen molar-refractivity contribution in [3.63, 3.8) is 0 Å². The molecule has 4 rings (SSSR count). The normalized spacial score (nSPS) is 11.5. The summed E-state index contributed by atoms with van der Waals surface area (Å²) in [7, 11) is 0. The molecule has 1 amide bonds. The lowest BCUT2D eigenvalue weighted by molar-refractivity contribution is -0.121. The van der Waals surface area contributed by atoms with E-state index in [4.69, 9.17) is 0 Å². The minimum Gasteiger partial charge on any atom is -0.271 e. The Bertz CT molecular complexity index is 1130. The van der Waals surface area contributed by atoms with E-state index >= 15 is 0 Å². The number of hydrazone groups is 1. The molecule has 1 N–H and O–H groups in total. The fourth-order valence-corrected chi connectivity index (χ4v) is 2.95. The number of para-hydroxylation sites is 1. The van der Waals surface area contributed by atoms with Crippen molar-refractivity contribution in [1.29, 1.82) is 0 Å². The highest BCUT2D eigenvalue weighted by Crippen LogP contribution is 2.19. The van der Waals surface area contributed by atoms with E-state index in [0.29, 0.717) is 0 Å². The Hall–Kier alpha value is -3.80. The average Bonchev–Trinajstić information content (AvgIpc) is 3.15. The van der Waals surface area contributed by atoms with Crippen molar-refractivity contribution < 1.29 is 4.79 Å². The van der Waals surface area contributed by atoms with Crippen LogP contribution in [0.3, 0.4) is 0 Å². The predicted molar refractivity (Wildman–Crippen MR) is 110 cm³/mol. The topological polar surface area (TPSA) is 72.2 Å². The fourth-order valence-electron chi connectivity index (χ4n) is 2.95. The van der Waals surface area contributed by atoms with Crippen LogP contribution in [0.2, 0.25) is 0 Å². The lowest BCUT2D eigenvalue weighted by atomic mass is 10.0. The van der Waals surface area contributed by atoms with E-state index < -0.39 is 0 Å². The molecule has 28 heavy (non-hydrogen) atoms. The predicted octanol–water partition coefficient (Wildman–Crippen LogP) is 3.64. The first-order valence-corrected chi connectivity index (χ1v) is 8.98. The van der Waals surface area contributed by atoms with E-state index in [1.54, 1.807) is 4.68 Å². The SMILES string of the molecule is C/C(=N/NC(=O)Cn1nnc2ccccc21)c1ccc(-c2ccccc2)cc1. The molecular weight excluding hydrogens is 350 g/mol. The molecule has 0 saturated heterocycles. The number of benzene rings is 3. The molecule has 0 aliphatic rings. The molecule has 138 valence electrons. The minimum absolute atomic E-state index is 0.0598. The van der Waals surface area contributed by atoms with Gasteiger partial charge < -0.3 is 0 Å². The van der Waals surface area contributed by atoms with Crippen molar-refractivity contribution >= 4 is 22.7 Å². The van der Waals surface area contributed by atoms with Gasteiger partial charge in [-0.25, -0.2) is 10.1 Å². The lowest BCUT2D eigenvalue weighted by Crippen LogP contribution is -2.24. The standard InChI is InChI=1S/C22H19N5O/c1-16(17-11-13-19(14-12-17)18-7-3-2-4-8-18)23-25-22(28)15-27-21-10-6-5-9-20(21)24-26-27/h2-14H,15H2,1H3,(H,25,28)/b23-16-. The Morgan fingerprint density at radius 1 is 0.929 bits per heavy atom. The summed E-state index contributed by atoms with van der Waals surface area (Å²) >= 11 is 0. The van der Waals surface area contributed by atoms with Crippen molar-refractivity contribution in [2.24, 2.45) is 5.10 Å². The summed E-state index contributed by atoms with van der Waals surface area (Å²) in [6, 6.07) is 25.8. The third-order valence-electron chi connectivity index (χ3n) is 4.47. The second kappa shape index (κ2) is 7.84. The monoisotopic (exact) mass is 369 g/mol. The zero-order chi connectivity index (χ0) is 19.3. The summed E-state index contributed by atoms with van der Waals surface area (Å²) in [5, 5.41) is 12.3. The van der Waals surface area contributed by atoms with E-state index in [0.717, 1.165) is 33.4 Å². The molecule has 0 atom stereocenters. The van der Waals surface area contributed by atoms with Crippen LogP contribution >= 0.6 is 0 Å². The molecular formula is C22H19N5O. The first-order valence-electron chi connectivity index (χ1n) is 8.98. The maximum Gasteiger partial charge on any atom is 0.261 e. The third kappa shape index (κ3) is 3.81. The Kier molecular flexibility index (Phi) is 4.93. The Morgan fingerprint density at radius 2 is 1.61 bits per heavy atom. The Morgan fingerprint density at radius 3 is 2.39 bits per heavy atom. The van der Waals surface area contributed by atoms with Gasteiger partial charge in [0.1, 0.15) is 12.1 Å². The van der Waals surface area contributed by atoms with Gasteiger partial charge in [0, 0.05) is 0 Å². The van der Waals surface area contributed by atoms with Crippen LogP contribution in [0.1, 0.15) is 12.5 Å². The highest BCUT2D eigenvalue weighted by molar-refractivity contribution is 5.99. The van der Waals surface area contributed by atoms with Crippen molar-refractivity contribution in [3.8, 4) is 11.1 Å². The molecule has 0 spiro atoms. The molecule has 6 nitrogen and oxygen atoms in total. The lowest BCUT2D eigenvalue weighted by Gasteiger charge is -2.06. The van der Waals surface area contributed by atoms with Crippen molar-refractivity contribution in [2.45, 2.75) is 13.5 Å². The molecule has 0 aliphatic heterocycles. The molecule has 0 saturated carbocycles. The first-order chi connectivity index (χ1) is 13.7. The molecule has 0 fully saturated rings. The molecule has 1 heterocycles. The summed E-state index contributed by atoms with van der Waals surface area (Å²) in [4.78, 5) is 12.2. The number of hydrogen-bond acceptors (Lipinski definition) is 4. The van der Waals surface area contributed by atoms with Gasteiger partial charge in [-0.2, -0.15) is 5.10 Å². The first kappa shape index (κ1) is 17.6. The molecule has 1 aromatic heterocycles. The summed E-state index contributed by atoms with van der Waals surface area (Å²) in [6.45, 7) is 1.92. The van der Waals surface area contributed by atoms with Gasteiger partial charge in [-0.05, 0) is 35.7 Å². The largest absolute Gasteiger partial charge is 0.271 e. The summed E-state index contributed by atoms with van der Waals surface area (Å²) in [6.07, 6.45) is 0. The van der Waals surface area contributed by atoms with Crippen LogP contribution in [-0.2, 0) is 11.3 Å². The van der Waals surface area contributed by atoms with Gasteiger partial charge in [-0.3, -0.25) is 4.79 Å². The number of nitrogens with zero attached hydrogens (tertiary/aromatic N) is 4. The van der Waals surface area contributed by atoms with Crippen LogP contribution in [0.25, 0.3) is 22.2 Å². The van der Waals surface area contributed by atoms with Crippen molar-refractivity contribution in [3.05, 3.63) is 84.4 Å². The molecule has 0 unspecified atom stereocenters. The smallest absolute Gasteiger partial charge is 0.261 e. The van der Waals surface area contributed by atoms with E-state index in [1.807, 2.05) is 73.7 Å². The number of amides is 1. The molecule has 0 radical (unpaired) electrons. The van der Waals surface area contributed by atoms with Crippen molar-refractivity contribution in [2.75, 3.05) is 0 Å². The number of nitrogens with one attached hydrogen (secondary N) is 1. The molecule has 0 bridgehead atoms. The van der Waals surface area contributed by atoms with Crippen molar-refractivity contribution in [1.82, 2.24) is 20.4 Å². The zero-order valence-corrected chi connectivity index (χ0v) is 15.4. The number of carbonyl (C=O) groups excluding carboxylic acids is 1. The summed E-state index contributed by atoms with van der Waals surface area (Å²) in [5.74, 6) is -0.254. The van der Waals surface area contributed by atoms with E-state index in [1.165, 1.54) is 0 Å². The average molecular weight is 369 g/mol.